The molecule has 0 atom stereocenters. The van der Waals surface area contributed by atoms with Crippen molar-refractivity contribution in [2.24, 2.45) is 11.1 Å². The summed E-state index contributed by atoms with van der Waals surface area (Å²) in [5, 5.41) is 2.42. The molecule has 17 heavy (non-hydrogen) atoms. The lowest BCUT2D eigenvalue weighted by molar-refractivity contribution is -0.118. The Hall–Kier alpha value is -1.56. The van der Waals surface area contributed by atoms with E-state index in [1.165, 1.54) is 0 Å². The zero-order valence-electron chi connectivity index (χ0n) is 8.80. The number of benzene rings is 1. The Labute approximate surface area is 102 Å². The van der Waals surface area contributed by atoms with Crippen LogP contribution < -0.4 is 11.1 Å². The lowest BCUT2D eigenvalue weighted by Gasteiger charge is -2.13. The highest BCUT2D eigenvalue weighted by Crippen LogP contribution is 2.46. The molecule has 0 saturated heterocycles. The monoisotopic (exact) mass is 256 g/mol. The first kappa shape index (κ1) is 11.9. The normalized spacial score (nSPS) is 16.4. The number of hydrogen-bond donors (Lipinski definition) is 2. The fourth-order valence-electron chi connectivity index (χ4n) is 1.59. The highest BCUT2D eigenvalue weighted by atomic mass is 32.1. The van der Waals surface area contributed by atoms with Crippen LogP contribution in [0.2, 0.25) is 0 Å². The molecule has 0 unspecified atom stereocenters. The molecule has 3 N–H and O–H groups in total. The van der Waals surface area contributed by atoms with Crippen molar-refractivity contribution in [3.8, 4) is 0 Å². The maximum absolute atomic E-state index is 12.9. The first-order valence-electron chi connectivity index (χ1n) is 5.01. The molecule has 0 heterocycles. The third-order valence-corrected chi connectivity index (χ3v) is 3.17. The molecule has 0 spiro atoms. The molecular weight excluding hydrogens is 246 g/mol. The summed E-state index contributed by atoms with van der Waals surface area (Å²) in [5.74, 6) is -1.91. The predicted molar refractivity (Wildman–Crippen MR) is 63.4 cm³/mol. The van der Waals surface area contributed by atoms with Crippen molar-refractivity contribution in [1.29, 1.82) is 0 Å². The maximum atomic E-state index is 12.9. The Morgan fingerprint density at radius 3 is 2.24 bits per heavy atom. The van der Waals surface area contributed by atoms with E-state index in [0.29, 0.717) is 12.8 Å². The van der Waals surface area contributed by atoms with E-state index >= 15 is 0 Å². The molecule has 2 rings (SSSR count). The molecule has 1 amide bonds. The number of rotatable bonds is 3. The number of nitrogens with two attached hydrogens (primary N) is 1. The van der Waals surface area contributed by atoms with Gasteiger partial charge in [-0.05, 0) is 25.0 Å². The molecule has 1 saturated carbocycles. The summed E-state index contributed by atoms with van der Waals surface area (Å²) in [6.45, 7) is 0. The first-order chi connectivity index (χ1) is 7.94. The minimum Gasteiger partial charge on any atom is -0.392 e. The second-order valence-electron chi connectivity index (χ2n) is 4.06. The fourth-order valence-corrected chi connectivity index (χ4v) is 1.88. The Morgan fingerprint density at radius 2 is 1.82 bits per heavy atom. The zero-order valence-corrected chi connectivity index (χ0v) is 9.61. The van der Waals surface area contributed by atoms with E-state index in [1.807, 2.05) is 0 Å². The average Bonchev–Trinajstić information content (AvgIpc) is 2.95. The smallest absolute Gasteiger partial charge is 0.237 e. The summed E-state index contributed by atoms with van der Waals surface area (Å²) in [6.07, 6.45) is 1.15. The van der Waals surface area contributed by atoms with Gasteiger partial charge in [0.05, 0.1) is 10.4 Å². The summed E-state index contributed by atoms with van der Waals surface area (Å²) in [6, 6.07) is 2.81. The fraction of sp³-hybridized carbons (Fsp3) is 0.273. The number of carbonyl (C=O) groups is 1. The van der Waals surface area contributed by atoms with Crippen LogP contribution in [-0.2, 0) is 4.79 Å². The minimum atomic E-state index is -0.835. The van der Waals surface area contributed by atoms with Crippen molar-refractivity contribution in [1.82, 2.24) is 0 Å². The average molecular weight is 256 g/mol. The minimum absolute atomic E-state index is 0.0648. The van der Waals surface area contributed by atoms with Crippen molar-refractivity contribution in [2.45, 2.75) is 12.8 Å². The van der Waals surface area contributed by atoms with Gasteiger partial charge in [-0.25, -0.2) is 8.78 Å². The van der Waals surface area contributed by atoms with Crippen molar-refractivity contribution < 1.29 is 13.6 Å². The summed E-state index contributed by atoms with van der Waals surface area (Å²) in [7, 11) is 0. The molecule has 0 radical (unpaired) electrons. The summed E-state index contributed by atoms with van der Waals surface area (Å²) in [4.78, 5) is 12.0. The second kappa shape index (κ2) is 4.03. The van der Waals surface area contributed by atoms with Crippen molar-refractivity contribution in [3.05, 3.63) is 29.8 Å². The molecule has 1 fully saturated rings. The van der Waals surface area contributed by atoms with E-state index in [0.717, 1.165) is 18.2 Å². The quantitative estimate of drug-likeness (QED) is 0.813. The van der Waals surface area contributed by atoms with E-state index < -0.39 is 23.0 Å². The number of anilines is 1. The van der Waals surface area contributed by atoms with Gasteiger partial charge in [0, 0.05) is 11.8 Å². The molecule has 3 nitrogen and oxygen atoms in total. The summed E-state index contributed by atoms with van der Waals surface area (Å²) < 4.78 is 25.8. The van der Waals surface area contributed by atoms with Gasteiger partial charge in [0.25, 0.3) is 0 Å². The molecule has 90 valence electrons. The number of amides is 1. The summed E-state index contributed by atoms with van der Waals surface area (Å²) >= 11 is 4.81. The Kier molecular flexibility index (Phi) is 2.82. The third-order valence-electron chi connectivity index (χ3n) is 2.78. The van der Waals surface area contributed by atoms with Crippen LogP contribution in [0.15, 0.2) is 18.2 Å². The number of thiocarbonyl (C=S) groups is 1. The van der Waals surface area contributed by atoms with Crippen molar-refractivity contribution in [3.63, 3.8) is 0 Å². The van der Waals surface area contributed by atoms with Crippen LogP contribution in [-0.4, -0.2) is 10.9 Å². The van der Waals surface area contributed by atoms with Gasteiger partial charge in [0.1, 0.15) is 11.6 Å². The molecule has 1 aliphatic carbocycles. The topological polar surface area (TPSA) is 55.1 Å². The molecule has 0 aromatic heterocycles. The lowest BCUT2D eigenvalue weighted by atomic mass is 10.1. The van der Waals surface area contributed by atoms with Gasteiger partial charge in [0.2, 0.25) is 5.91 Å². The van der Waals surface area contributed by atoms with Gasteiger partial charge >= 0.3 is 0 Å². The number of nitrogens with one attached hydrogen (secondary N) is 1. The molecule has 0 bridgehead atoms. The van der Waals surface area contributed by atoms with Crippen molar-refractivity contribution >= 4 is 28.8 Å². The van der Waals surface area contributed by atoms with Crippen LogP contribution in [0.25, 0.3) is 0 Å². The zero-order chi connectivity index (χ0) is 12.6. The number of carbonyl (C=O) groups excluding carboxylic acids is 1. The molecule has 6 heteroatoms. The Morgan fingerprint density at radius 1 is 1.29 bits per heavy atom. The van der Waals surface area contributed by atoms with E-state index in [-0.39, 0.29) is 10.7 Å². The van der Waals surface area contributed by atoms with E-state index in [2.05, 4.69) is 5.32 Å². The van der Waals surface area contributed by atoms with Gasteiger partial charge in [-0.3, -0.25) is 4.79 Å². The van der Waals surface area contributed by atoms with E-state index in [4.69, 9.17) is 18.0 Å². The van der Waals surface area contributed by atoms with Gasteiger partial charge in [-0.1, -0.05) is 12.2 Å². The van der Waals surface area contributed by atoms with Crippen LogP contribution in [0.4, 0.5) is 14.5 Å². The Balaban J connectivity index is 2.16. The predicted octanol–water partition coefficient (Wildman–Crippen LogP) is 1.97. The third kappa shape index (κ3) is 2.26. The number of halogens is 2. The second-order valence-corrected chi connectivity index (χ2v) is 4.50. The number of hydrogen-bond acceptors (Lipinski definition) is 2. The molecule has 1 aromatic carbocycles. The van der Waals surface area contributed by atoms with Crippen molar-refractivity contribution in [2.75, 3.05) is 5.32 Å². The Bertz CT molecular complexity index is 480. The molecule has 0 aliphatic heterocycles. The first-order valence-corrected chi connectivity index (χ1v) is 5.42. The van der Waals surface area contributed by atoms with Gasteiger partial charge < -0.3 is 11.1 Å². The molecule has 1 aromatic rings. The lowest BCUT2D eigenvalue weighted by Crippen LogP contribution is -2.35. The van der Waals surface area contributed by atoms with Crippen LogP contribution in [0.3, 0.4) is 0 Å². The maximum Gasteiger partial charge on any atom is 0.237 e. The largest absolute Gasteiger partial charge is 0.392 e. The highest BCUT2D eigenvalue weighted by molar-refractivity contribution is 7.80. The van der Waals surface area contributed by atoms with Crippen LogP contribution in [0, 0.1) is 17.0 Å². The van der Waals surface area contributed by atoms with Gasteiger partial charge in [-0.2, -0.15) is 0 Å². The SMILES string of the molecule is NC(=S)C1(C(=O)Nc2cc(F)cc(F)c2)CC1. The van der Waals surface area contributed by atoms with Gasteiger partial charge in [0.15, 0.2) is 0 Å². The van der Waals surface area contributed by atoms with Crippen LogP contribution in [0.1, 0.15) is 12.8 Å². The highest BCUT2D eigenvalue weighted by Gasteiger charge is 2.52. The van der Waals surface area contributed by atoms with Crippen LogP contribution >= 0.6 is 12.2 Å². The van der Waals surface area contributed by atoms with E-state index in [9.17, 15) is 13.6 Å². The molecular formula is C11H10F2N2OS. The van der Waals surface area contributed by atoms with Gasteiger partial charge in [-0.15, -0.1) is 0 Å². The summed E-state index contributed by atoms with van der Waals surface area (Å²) in [5.41, 5.74) is 4.70. The van der Waals surface area contributed by atoms with Crippen LogP contribution in [0.5, 0.6) is 0 Å². The molecule has 1 aliphatic rings. The standard InChI is InChI=1S/C11H10F2N2OS/c12-6-3-7(13)5-8(4-6)15-10(16)11(1-2-11)9(14)17/h3-5H,1-2H2,(H2,14,17)(H,15,16). The van der Waals surface area contributed by atoms with E-state index in [1.54, 1.807) is 0 Å².